The van der Waals surface area contributed by atoms with Gasteiger partial charge in [-0.3, -0.25) is 4.79 Å². The summed E-state index contributed by atoms with van der Waals surface area (Å²) < 4.78 is 15.4. The lowest BCUT2D eigenvalue weighted by Gasteiger charge is -2.15. The zero-order valence-electron chi connectivity index (χ0n) is 10.8. The molecule has 102 valence electrons. The van der Waals surface area contributed by atoms with Crippen LogP contribution >= 0.6 is 0 Å². The van der Waals surface area contributed by atoms with Crippen molar-refractivity contribution < 1.29 is 19.0 Å². The van der Waals surface area contributed by atoms with Gasteiger partial charge in [0.05, 0.1) is 6.61 Å². The number of nitrogens with one attached hydrogen (secondary N) is 1. The fourth-order valence-electron chi connectivity index (χ4n) is 1.78. The van der Waals surface area contributed by atoms with E-state index < -0.39 is 0 Å². The van der Waals surface area contributed by atoms with Crippen LogP contribution in [0.2, 0.25) is 0 Å². The van der Waals surface area contributed by atoms with Gasteiger partial charge in [-0.2, -0.15) is 0 Å². The highest BCUT2D eigenvalue weighted by Crippen LogP contribution is 2.10. The van der Waals surface area contributed by atoms with Crippen molar-refractivity contribution in [2.45, 2.75) is 13.2 Å². The summed E-state index contributed by atoms with van der Waals surface area (Å²) in [5, 5.41) is 2.80. The van der Waals surface area contributed by atoms with E-state index in [9.17, 15) is 4.79 Å². The van der Waals surface area contributed by atoms with Crippen molar-refractivity contribution in [1.29, 1.82) is 0 Å². The van der Waals surface area contributed by atoms with E-state index in [1.165, 1.54) is 6.26 Å². The molecule has 0 aromatic heterocycles. The van der Waals surface area contributed by atoms with Crippen LogP contribution in [0.15, 0.2) is 36.3 Å². The summed E-state index contributed by atoms with van der Waals surface area (Å²) in [5.74, 6) is -0.0533. The number of methoxy groups -OCH3 is 1. The fraction of sp³-hybridized carbons (Fsp3) is 0.357. The molecule has 5 nitrogen and oxygen atoms in total. The van der Waals surface area contributed by atoms with E-state index in [0.29, 0.717) is 26.4 Å². The second-order valence-corrected chi connectivity index (χ2v) is 4.09. The van der Waals surface area contributed by atoms with Crippen molar-refractivity contribution in [1.82, 2.24) is 5.32 Å². The molecule has 1 aliphatic rings. The van der Waals surface area contributed by atoms with E-state index in [-0.39, 0.29) is 11.7 Å². The molecular weight excluding hydrogens is 246 g/mol. The SMILES string of the molecule is COCc1ccccc1CNC(=O)C1=COCCO1. The number of rotatable bonds is 5. The maximum Gasteiger partial charge on any atom is 0.289 e. The highest BCUT2D eigenvalue weighted by Gasteiger charge is 2.14. The molecule has 1 N–H and O–H groups in total. The highest BCUT2D eigenvalue weighted by atomic mass is 16.6. The molecule has 0 spiro atoms. The predicted octanol–water partition coefficient (Wildman–Crippen LogP) is 1.34. The number of ether oxygens (including phenoxy) is 3. The Morgan fingerprint density at radius 2 is 2.11 bits per heavy atom. The molecule has 0 unspecified atom stereocenters. The van der Waals surface area contributed by atoms with Crippen LogP contribution in [0.4, 0.5) is 0 Å². The molecule has 0 aliphatic carbocycles. The average molecular weight is 263 g/mol. The molecule has 0 saturated carbocycles. The van der Waals surface area contributed by atoms with E-state index in [4.69, 9.17) is 14.2 Å². The Morgan fingerprint density at radius 3 is 2.79 bits per heavy atom. The molecule has 0 radical (unpaired) electrons. The number of carbonyl (C=O) groups excluding carboxylic acids is 1. The summed E-state index contributed by atoms with van der Waals surface area (Å²) in [5.41, 5.74) is 2.08. The van der Waals surface area contributed by atoms with Gasteiger partial charge in [0.2, 0.25) is 5.76 Å². The zero-order chi connectivity index (χ0) is 13.5. The first-order valence-corrected chi connectivity index (χ1v) is 6.09. The van der Waals surface area contributed by atoms with Crippen molar-refractivity contribution >= 4 is 5.91 Å². The molecule has 0 saturated heterocycles. The number of carbonyl (C=O) groups is 1. The van der Waals surface area contributed by atoms with E-state index in [0.717, 1.165) is 11.1 Å². The first-order valence-electron chi connectivity index (χ1n) is 6.09. The third-order valence-corrected chi connectivity index (χ3v) is 2.73. The lowest BCUT2D eigenvalue weighted by molar-refractivity contribution is -0.122. The first kappa shape index (κ1) is 13.4. The second-order valence-electron chi connectivity index (χ2n) is 4.09. The van der Waals surface area contributed by atoms with Gasteiger partial charge >= 0.3 is 0 Å². The van der Waals surface area contributed by atoms with Gasteiger partial charge in [-0.1, -0.05) is 24.3 Å². The van der Waals surface area contributed by atoms with Gasteiger partial charge < -0.3 is 19.5 Å². The third-order valence-electron chi connectivity index (χ3n) is 2.73. The van der Waals surface area contributed by atoms with Crippen molar-refractivity contribution in [2.24, 2.45) is 0 Å². The zero-order valence-corrected chi connectivity index (χ0v) is 10.8. The minimum atomic E-state index is -0.271. The molecule has 1 amide bonds. The summed E-state index contributed by atoms with van der Waals surface area (Å²) in [4.78, 5) is 11.8. The van der Waals surface area contributed by atoms with Gasteiger partial charge in [-0.05, 0) is 11.1 Å². The number of hydrogen-bond donors (Lipinski definition) is 1. The molecule has 1 aromatic carbocycles. The monoisotopic (exact) mass is 263 g/mol. The van der Waals surface area contributed by atoms with Crippen LogP contribution < -0.4 is 5.32 Å². The van der Waals surface area contributed by atoms with Crippen molar-refractivity contribution in [3.05, 3.63) is 47.4 Å². The summed E-state index contributed by atoms with van der Waals surface area (Å²) in [7, 11) is 1.65. The maximum absolute atomic E-state index is 11.8. The van der Waals surface area contributed by atoms with Crippen LogP contribution in [-0.4, -0.2) is 26.2 Å². The minimum absolute atomic E-state index is 0.218. The molecular formula is C14H17NO4. The number of amides is 1. The maximum atomic E-state index is 11.8. The fourth-order valence-corrected chi connectivity index (χ4v) is 1.78. The van der Waals surface area contributed by atoms with Gasteiger partial charge in [0, 0.05) is 13.7 Å². The Kier molecular flexibility index (Phi) is 4.80. The smallest absolute Gasteiger partial charge is 0.289 e. The highest BCUT2D eigenvalue weighted by molar-refractivity contribution is 5.91. The van der Waals surface area contributed by atoms with E-state index in [1.807, 2.05) is 24.3 Å². The summed E-state index contributed by atoms with van der Waals surface area (Å²) in [6, 6.07) is 7.81. The van der Waals surface area contributed by atoms with Crippen molar-refractivity contribution in [2.75, 3.05) is 20.3 Å². The Bertz CT molecular complexity index is 470. The van der Waals surface area contributed by atoms with E-state index in [2.05, 4.69) is 5.32 Å². The lowest BCUT2D eigenvalue weighted by Crippen LogP contribution is -2.28. The summed E-state index contributed by atoms with van der Waals surface area (Å²) in [6.07, 6.45) is 1.35. The normalized spacial score (nSPS) is 14.1. The minimum Gasteiger partial charge on any atom is -0.494 e. The Labute approximate surface area is 112 Å². The van der Waals surface area contributed by atoms with Crippen LogP contribution in [0.1, 0.15) is 11.1 Å². The third kappa shape index (κ3) is 3.72. The van der Waals surface area contributed by atoms with Gasteiger partial charge in [0.25, 0.3) is 5.91 Å². The molecule has 0 bridgehead atoms. The van der Waals surface area contributed by atoms with Crippen molar-refractivity contribution in [3.8, 4) is 0 Å². The molecule has 1 heterocycles. The second kappa shape index (κ2) is 6.80. The van der Waals surface area contributed by atoms with Crippen LogP contribution in [0, 0.1) is 0 Å². The average Bonchev–Trinajstić information content (AvgIpc) is 2.47. The molecule has 1 aliphatic heterocycles. The largest absolute Gasteiger partial charge is 0.494 e. The van der Waals surface area contributed by atoms with Crippen LogP contribution in [0.25, 0.3) is 0 Å². The molecule has 2 rings (SSSR count). The molecule has 0 fully saturated rings. The summed E-state index contributed by atoms with van der Waals surface area (Å²) in [6.45, 7) is 1.83. The lowest BCUT2D eigenvalue weighted by atomic mass is 10.1. The van der Waals surface area contributed by atoms with E-state index >= 15 is 0 Å². The number of hydrogen-bond acceptors (Lipinski definition) is 4. The Morgan fingerprint density at radius 1 is 1.32 bits per heavy atom. The Balaban J connectivity index is 1.94. The van der Waals surface area contributed by atoms with Crippen LogP contribution in [0.3, 0.4) is 0 Å². The first-order chi connectivity index (χ1) is 9.31. The van der Waals surface area contributed by atoms with Crippen LogP contribution in [0.5, 0.6) is 0 Å². The van der Waals surface area contributed by atoms with Crippen LogP contribution in [-0.2, 0) is 32.2 Å². The quantitative estimate of drug-likeness (QED) is 0.871. The van der Waals surface area contributed by atoms with Gasteiger partial charge in [0.1, 0.15) is 19.5 Å². The topological polar surface area (TPSA) is 56.8 Å². The van der Waals surface area contributed by atoms with Crippen molar-refractivity contribution in [3.63, 3.8) is 0 Å². The molecule has 19 heavy (non-hydrogen) atoms. The Hall–Kier alpha value is -2.01. The number of benzene rings is 1. The van der Waals surface area contributed by atoms with Gasteiger partial charge in [-0.25, -0.2) is 0 Å². The molecule has 1 aromatic rings. The van der Waals surface area contributed by atoms with Gasteiger partial charge in [-0.15, -0.1) is 0 Å². The molecule has 5 heteroatoms. The molecule has 0 atom stereocenters. The predicted molar refractivity (Wildman–Crippen MR) is 69.0 cm³/mol. The van der Waals surface area contributed by atoms with Gasteiger partial charge in [0.15, 0.2) is 0 Å². The summed E-state index contributed by atoms with van der Waals surface area (Å²) >= 11 is 0. The van der Waals surface area contributed by atoms with E-state index in [1.54, 1.807) is 7.11 Å². The standard InChI is InChI=1S/C14H17NO4/c1-17-9-12-5-3-2-4-11(12)8-15-14(16)13-10-18-6-7-19-13/h2-5,10H,6-9H2,1H3,(H,15,16).